The van der Waals surface area contributed by atoms with Crippen LogP contribution >= 0.6 is 0 Å². The summed E-state index contributed by atoms with van der Waals surface area (Å²) in [6.07, 6.45) is 14.9. The summed E-state index contributed by atoms with van der Waals surface area (Å²) >= 11 is 0. The standard InChI is InChI=1S/C22H46N2Si/c1-7-16-25(20-11-9-10-19(13-15-20)23(3)4)21-14-12-18(8-2)22(17-21)24(5)6/h18-22,25H,7-17H2,1-6H3. The number of hydrogen-bond acceptors (Lipinski definition) is 2. The van der Waals surface area contributed by atoms with Gasteiger partial charge in [0, 0.05) is 20.9 Å². The van der Waals surface area contributed by atoms with Crippen molar-refractivity contribution in [2.45, 2.75) is 107 Å². The summed E-state index contributed by atoms with van der Waals surface area (Å²) in [4.78, 5) is 5.06. The van der Waals surface area contributed by atoms with Crippen molar-refractivity contribution >= 4 is 8.80 Å². The fourth-order valence-electron chi connectivity index (χ4n) is 6.18. The Morgan fingerprint density at radius 2 is 1.52 bits per heavy atom. The van der Waals surface area contributed by atoms with Gasteiger partial charge in [-0.25, -0.2) is 0 Å². The van der Waals surface area contributed by atoms with Crippen LogP contribution in [0.25, 0.3) is 0 Å². The molecule has 0 aromatic heterocycles. The van der Waals surface area contributed by atoms with E-state index in [1.165, 1.54) is 44.9 Å². The molecule has 6 atom stereocenters. The Labute approximate surface area is 160 Å². The van der Waals surface area contributed by atoms with E-state index < -0.39 is 8.80 Å². The third kappa shape index (κ3) is 5.81. The Morgan fingerprint density at radius 3 is 2.12 bits per heavy atom. The zero-order chi connectivity index (χ0) is 18.4. The minimum absolute atomic E-state index is 0.647. The molecule has 6 unspecified atom stereocenters. The summed E-state index contributed by atoms with van der Waals surface area (Å²) in [7, 11) is 8.60. The summed E-state index contributed by atoms with van der Waals surface area (Å²) in [6, 6.07) is 3.32. The quantitative estimate of drug-likeness (QED) is 0.440. The van der Waals surface area contributed by atoms with Crippen molar-refractivity contribution in [1.29, 1.82) is 0 Å². The van der Waals surface area contributed by atoms with Crippen LogP contribution in [0.1, 0.15) is 78.1 Å². The Hall–Kier alpha value is 0.137. The van der Waals surface area contributed by atoms with E-state index in [0.717, 1.165) is 29.1 Å². The second-order valence-corrected chi connectivity index (χ2v) is 13.4. The number of hydrogen-bond donors (Lipinski definition) is 0. The van der Waals surface area contributed by atoms with Crippen LogP contribution < -0.4 is 0 Å². The van der Waals surface area contributed by atoms with E-state index in [2.05, 4.69) is 51.8 Å². The molecule has 0 amide bonds. The molecule has 0 aliphatic heterocycles. The highest BCUT2D eigenvalue weighted by Crippen LogP contribution is 2.45. The Morgan fingerprint density at radius 1 is 0.800 bits per heavy atom. The highest BCUT2D eigenvalue weighted by atomic mass is 28.3. The lowest BCUT2D eigenvalue weighted by Gasteiger charge is -2.44. The van der Waals surface area contributed by atoms with Gasteiger partial charge < -0.3 is 9.80 Å². The molecule has 0 saturated heterocycles. The van der Waals surface area contributed by atoms with Gasteiger partial charge in [0.15, 0.2) is 0 Å². The molecule has 2 rings (SSSR count). The third-order valence-electron chi connectivity index (χ3n) is 7.73. The Kier molecular flexibility index (Phi) is 8.97. The fraction of sp³-hybridized carbons (Fsp3) is 1.00. The van der Waals surface area contributed by atoms with Gasteiger partial charge in [-0.2, -0.15) is 0 Å². The smallest absolute Gasteiger partial charge is 0.0430 e. The highest BCUT2D eigenvalue weighted by Gasteiger charge is 2.38. The third-order valence-corrected chi connectivity index (χ3v) is 12.7. The van der Waals surface area contributed by atoms with Crippen molar-refractivity contribution < 1.29 is 0 Å². The van der Waals surface area contributed by atoms with Crippen molar-refractivity contribution in [3.05, 3.63) is 0 Å². The molecule has 0 N–H and O–H groups in total. The number of rotatable bonds is 7. The first-order valence-electron chi connectivity index (χ1n) is 11.3. The van der Waals surface area contributed by atoms with Crippen LogP contribution in [0.4, 0.5) is 0 Å². The molecular weight excluding hydrogens is 320 g/mol. The van der Waals surface area contributed by atoms with Gasteiger partial charge in [-0.1, -0.05) is 58.4 Å². The molecule has 2 aliphatic carbocycles. The summed E-state index contributed by atoms with van der Waals surface area (Å²) in [5.41, 5.74) is 2.26. The molecule has 3 heteroatoms. The predicted octanol–water partition coefficient (Wildman–Crippen LogP) is 5.40. The maximum atomic E-state index is 2.56. The largest absolute Gasteiger partial charge is 0.306 e. The maximum Gasteiger partial charge on any atom is 0.0430 e. The van der Waals surface area contributed by atoms with E-state index in [-0.39, 0.29) is 0 Å². The second-order valence-electron chi connectivity index (χ2n) is 9.61. The minimum atomic E-state index is -0.647. The van der Waals surface area contributed by atoms with E-state index in [1.54, 1.807) is 25.3 Å². The zero-order valence-electron chi connectivity index (χ0n) is 18.1. The average molecular weight is 367 g/mol. The molecule has 0 spiro atoms. The van der Waals surface area contributed by atoms with Gasteiger partial charge >= 0.3 is 0 Å². The van der Waals surface area contributed by atoms with Gasteiger partial charge in [0.2, 0.25) is 0 Å². The molecule has 25 heavy (non-hydrogen) atoms. The Bertz CT molecular complexity index is 371. The molecule has 2 saturated carbocycles. The molecule has 0 bridgehead atoms. The Balaban J connectivity index is 2.04. The first-order valence-corrected chi connectivity index (χ1v) is 13.5. The van der Waals surface area contributed by atoms with E-state index in [1.807, 2.05) is 0 Å². The molecular formula is C22H46N2Si. The average Bonchev–Trinajstić information content (AvgIpc) is 2.85. The van der Waals surface area contributed by atoms with Crippen LogP contribution in [-0.4, -0.2) is 58.9 Å². The van der Waals surface area contributed by atoms with Crippen LogP contribution in [0.3, 0.4) is 0 Å². The second kappa shape index (κ2) is 10.5. The van der Waals surface area contributed by atoms with Crippen molar-refractivity contribution in [2.24, 2.45) is 5.92 Å². The van der Waals surface area contributed by atoms with E-state index in [0.29, 0.717) is 0 Å². The van der Waals surface area contributed by atoms with Gasteiger partial charge in [0.05, 0.1) is 0 Å². The maximum absolute atomic E-state index is 2.56. The fourth-order valence-corrected chi connectivity index (χ4v) is 11.1. The zero-order valence-corrected chi connectivity index (χ0v) is 19.3. The highest BCUT2D eigenvalue weighted by molar-refractivity contribution is 6.62. The van der Waals surface area contributed by atoms with Crippen molar-refractivity contribution in [1.82, 2.24) is 9.80 Å². The first kappa shape index (κ1) is 21.4. The predicted molar refractivity (Wildman–Crippen MR) is 115 cm³/mol. The topological polar surface area (TPSA) is 6.48 Å². The molecule has 2 aliphatic rings. The molecule has 2 fully saturated rings. The first-order chi connectivity index (χ1) is 12.0. The van der Waals surface area contributed by atoms with E-state index in [9.17, 15) is 0 Å². The molecule has 0 heterocycles. The normalized spacial score (nSPS) is 35.8. The lowest BCUT2D eigenvalue weighted by atomic mass is 9.82. The van der Waals surface area contributed by atoms with Crippen LogP contribution in [0, 0.1) is 5.92 Å². The van der Waals surface area contributed by atoms with Gasteiger partial charge in [0.25, 0.3) is 0 Å². The molecule has 148 valence electrons. The van der Waals surface area contributed by atoms with Crippen LogP contribution in [-0.2, 0) is 0 Å². The molecule has 0 radical (unpaired) electrons. The van der Waals surface area contributed by atoms with E-state index >= 15 is 0 Å². The van der Waals surface area contributed by atoms with Crippen LogP contribution in [0.15, 0.2) is 0 Å². The van der Waals surface area contributed by atoms with Crippen LogP contribution in [0.2, 0.25) is 17.1 Å². The SMILES string of the molecule is CCC[SiH](C1CCCC(N(C)C)CC1)C1CCC(CC)C(N(C)C)C1. The lowest BCUT2D eigenvalue weighted by molar-refractivity contribution is 0.150. The minimum Gasteiger partial charge on any atom is -0.306 e. The van der Waals surface area contributed by atoms with E-state index in [4.69, 9.17) is 0 Å². The summed E-state index contributed by atoms with van der Waals surface area (Å²) in [5.74, 6) is 0.954. The van der Waals surface area contributed by atoms with Gasteiger partial charge in [-0.15, -0.1) is 0 Å². The van der Waals surface area contributed by atoms with Gasteiger partial charge in [-0.05, 0) is 70.9 Å². The summed E-state index contributed by atoms with van der Waals surface area (Å²) in [5, 5.41) is 0. The summed E-state index contributed by atoms with van der Waals surface area (Å²) in [6.45, 7) is 4.86. The number of nitrogens with zero attached hydrogens (tertiary/aromatic N) is 2. The van der Waals surface area contributed by atoms with Crippen LogP contribution in [0.5, 0.6) is 0 Å². The van der Waals surface area contributed by atoms with Gasteiger partial charge in [-0.3, -0.25) is 0 Å². The molecule has 0 aromatic carbocycles. The van der Waals surface area contributed by atoms with Crippen molar-refractivity contribution in [2.75, 3.05) is 28.2 Å². The molecule has 0 aromatic rings. The van der Waals surface area contributed by atoms with Gasteiger partial charge in [0.1, 0.15) is 0 Å². The molecule has 2 nitrogen and oxygen atoms in total. The van der Waals surface area contributed by atoms with Crippen molar-refractivity contribution in [3.8, 4) is 0 Å². The van der Waals surface area contributed by atoms with Crippen molar-refractivity contribution in [3.63, 3.8) is 0 Å². The summed E-state index contributed by atoms with van der Waals surface area (Å²) < 4.78 is 0. The monoisotopic (exact) mass is 366 g/mol. The lowest BCUT2D eigenvalue weighted by Crippen LogP contribution is -2.42.